The number of rotatable bonds is 5. The molecule has 1 atom stereocenters. The van der Waals surface area contributed by atoms with E-state index in [4.69, 9.17) is 4.74 Å². The lowest BCUT2D eigenvalue weighted by Crippen LogP contribution is -2.48. The molecule has 27 heavy (non-hydrogen) atoms. The molecule has 6 nitrogen and oxygen atoms in total. The van der Waals surface area contributed by atoms with Crippen LogP contribution in [0.2, 0.25) is 0 Å². The van der Waals surface area contributed by atoms with E-state index in [1.807, 2.05) is 42.5 Å². The van der Waals surface area contributed by atoms with Crippen LogP contribution in [-0.2, 0) is 27.5 Å². The van der Waals surface area contributed by atoms with E-state index in [9.17, 15) is 14.7 Å². The summed E-state index contributed by atoms with van der Waals surface area (Å²) in [7, 11) is 1.55. The molecule has 0 spiro atoms. The van der Waals surface area contributed by atoms with Gasteiger partial charge in [0.15, 0.2) is 0 Å². The van der Waals surface area contributed by atoms with Gasteiger partial charge in [0, 0.05) is 23.6 Å². The van der Waals surface area contributed by atoms with Crippen LogP contribution in [0.5, 0.6) is 5.75 Å². The minimum atomic E-state index is -1.18. The third-order valence-corrected chi connectivity index (χ3v) is 5.69. The first-order chi connectivity index (χ1) is 13.0. The van der Waals surface area contributed by atoms with Crippen molar-refractivity contribution in [2.24, 2.45) is 0 Å². The summed E-state index contributed by atoms with van der Waals surface area (Å²) < 4.78 is 5.22. The van der Waals surface area contributed by atoms with E-state index in [0.717, 1.165) is 22.4 Å². The topological polar surface area (TPSA) is 87.7 Å². The molecule has 2 amide bonds. The van der Waals surface area contributed by atoms with E-state index in [-0.39, 0.29) is 13.1 Å². The lowest BCUT2D eigenvalue weighted by molar-refractivity contribution is -0.139. The summed E-state index contributed by atoms with van der Waals surface area (Å²) in [5.74, 6) is 0.412. The predicted octanol–water partition coefficient (Wildman–Crippen LogP) is 1.56. The summed E-state index contributed by atoms with van der Waals surface area (Å²) in [5, 5.41) is 16.1. The molecule has 0 fully saturated rings. The van der Waals surface area contributed by atoms with E-state index in [1.165, 1.54) is 0 Å². The van der Waals surface area contributed by atoms with Crippen LogP contribution in [0.3, 0.4) is 0 Å². The Labute approximate surface area is 162 Å². The van der Waals surface area contributed by atoms with Crippen LogP contribution in [0.4, 0.5) is 0 Å². The second-order valence-corrected chi connectivity index (χ2v) is 7.34. The second-order valence-electron chi connectivity index (χ2n) is 6.36. The number of thioether (sulfide) groups is 1. The fourth-order valence-corrected chi connectivity index (χ4v) is 4.23. The standard InChI is InChI=1S/C20H22N2O4S/c1-26-17-9-5-3-6-14(17)10-21-18(23)19(24)22-12-20(25)13-27-11-15-7-2-4-8-16(15)20/h2-9,25H,10-13H2,1H3,(H,21,23)(H,22,24). The van der Waals surface area contributed by atoms with E-state index >= 15 is 0 Å². The maximum Gasteiger partial charge on any atom is 0.309 e. The number of para-hydroxylation sites is 1. The van der Waals surface area contributed by atoms with E-state index in [2.05, 4.69) is 10.6 Å². The zero-order valence-corrected chi connectivity index (χ0v) is 15.8. The van der Waals surface area contributed by atoms with Gasteiger partial charge in [-0.3, -0.25) is 9.59 Å². The van der Waals surface area contributed by atoms with Crippen molar-refractivity contribution < 1.29 is 19.4 Å². The molecule has 0 radical (unpaired) electrons. The van der Waals surface area contributed by atoms with Crippen LogP contribution < -0.4 is 15.4 Å². The summed E-state index contributed by atoms with van der Waals surface area (Å²) in [6.45, 7) is 0.164. The molecule has 1 unspecified atom stereocenters. The Balaban J connectivity index is 1.57. The smallest absolute Gasteiger partial charge is 0.309 e. The Kier molecular flexibility index (Phi) is 6.03. The Morgan fingerprint density at radius 1 is 1.11 bits per heavy atom. The summed E-state index contributed by atoms with van der Waals surface area (Å²) >= 11 is 1.60. The summed E-state index contributed by atoms with van der Waals surface area (Å²) in [5.41, 5.74) is 1.44. The van der Waals surface area contributed by atoms with Gasteiger partial charge in [-0.05, 0) is 17.2 Å². The number of nitrogens with one attached hydrogen (secondary N) is 2. The molecule has 1 aliphatic rings. The number of benzene rings is 2. The molecule has 0 aromatic heterocycles. The molecule has 0 bridgehead atoms. The molecule has 7 heteroatoms. The van der Waals surface area contributed by atoms with Crippen LogP contribution in [0, 0.1) is 0 Å². The van der Waals surface area contributed by atoms with Crippen molar-refractivity contribution in [3.05, 3.63) is 65.2 Å². The SMILES string of the molecule is COc1ccccc1CNC(=O)C(=O)NCC1(O)CSCc2ccccc21. The average Bonchev–Trinajstić information content (AvgIpc) is 2.71. The van der Waals surface area contributed by atoms with Crippen LogP contribution in [0.25, 0.3) is 0 Å². The number of carbonyl (C=O) groups excluding carboxylic acids is 2. The minimum Gasteiger partial charge on any atom is -0.496 e. The van der Waals surface area contributed by atoms with Crippen molar-refractivity contribution >= 4 is 23.6 Å². The van der Waals surface area contributed by atoms with Gasteiger partial charge in [0.25, 0.3) is 0 Å². The van der Waals surface area contributed by atoms with E-state index in [0.29, 0.717) is 11.5 Å². The van der Waals surface area contributed by atoms with Crippen LogP contribution in [0.1, 0.15) is 16.7 Å². The normalized spacial score (nSPS) is 18.3. The third kappa shape index (κ3) is 4.43. The highest BCUT2D eigenvalue weighted by Crippen LogP contribution is 2.35. The van der Waals surface area contributed by atoms with Gasteiger partial charge in [-0.2, -0.15) is 11.8 Å². The first kappa shape index (κ1) is 19.3. The molecule has 3 N–H and O–H groups in total. The van der Waals surface area contributed by atoms with Crippen LogP contribution >= 0.6 is 11.8 Å². The van der Waals surface area contributed by atoms with Crippen molar-refractivity contribution in [3.63, 3.8) is 0 Å². The number of carbonyl (C=O) groups is 2. The fourth-order valence-electron chi connectivity index (χ4n) is 3.07. The monoisotopic (exact) mass is 386 g/mol. The first-order valence-corrected chi connectivity index (χ1v) is 9.75. The molecule has 2 aromatic rings. The van der Waals surface area contributed by atoms with Crippen molar-refractivity contribution in [1.82, 2.24) is 10.6 Å². The Bertz CT molecular complexity index is 842. The number of methoxy groups -OCH3 is 1. The molecule has 0 aliphatic carbocycles. The zero-order chi connectivity index (χ0) is 19.3. The number of aliphatic hydroxyl groups is 1. The highest BCUT2D eigenvalue weighted by molar-refractivity contribution is 7.98. The highest BCUT2D eigenvalue weighted by Gasteiger charge is 2.35. The Hall–Kier alpha value is -2.51. The maximum atomic E-state index is 12.1. The Morgan fingerprint density at radius 2 is 1.81 bits per heavy atom. The van der Waals surface area contributed by atoms with Gasteiger partial charge in [-0.1, -0.05) is 42.5 Å². The van der Waals surface area contributed by atoms with Gasteiger partial charge in [0.05, 0.1) is 13.7 Å². The molecular weight excluding hydrogens is 364 g/mol. The average molecular weight is 386 g/mol. The van der Waals surface area contributed by atoms with Crippen molar-refractivity contribution in [3.8, 4) is 5.75 Å². The summed E-state index contributed by atoms with van der Waals surface area (Å²) in [6.07, 6.45) is 0. The molecule has 1 aliphatic heterocycles. The number of ether oxygens (including phenoxy) is 1. The molecule has 142 valence electrons. The van der Waals surface area contributed by atoms with Gasteiger partial charge in [0.1, 0.15) is 11.4 Å². The maximum absolute atomic E-state index is 12.1. The number of hydrogen-bond donors (Lipinski definition) is 3. The number of hydrogen-bond acceptors (Lipinski definition) is 5. The van der Waals surface area contributed by atoms with Crippen molar-refractivity contribution in [2.45, 2.75) is 17.9 Å². The molecule has 0 saturated heterocycles. The quantitative estimate of drug-likeness (QED) is 0.679. The number of amides is 2. The van der Waals surface area contributed by atoms with Crippen molar-refractivity contribution in [2.75, 3.05) is 19.4 Å². The van der Waals surface area contributed by atoms with E-state index in [1.54, 1.807) is 24.9 Å². The van der Waals surface area contributed by atoms with Crippen LogP contribution in [0.15, 0.2) is 48.5 Å². The minimum absolute atomic E-state index is 0.0159. The van der Waals surface area contributed by atoms with Gasteiger partial charge < -0.3 is 20.5 Å². The lowest BCUT2D eigenvalue weighted by atomic mass is 9.91. The molecule has 0 saturated carbocycles. The molecule has 3 rings (SSSR count). The highest BCUT2D eigenvalue weighted by atomic mass is 32.2. The van der Waals surface area contributed by atoms with Crippen molar-refractivity contribution in [1.29, 1.82) is 0 Å². The molecule has 1 heterocycles. The zero-order valence-electron chi connectivity index (χ0n) is 15.0. The van der Waals surface area contributed by atoms with Gasteiger partial charge in [0.2, 0.25) is 0 Å². The number of fused-ring (bicyclic) bond motifs is 1. The Morgan fingerprint density at radius 3 is 2.63 bits per heavy atom. The summed E-state index contributed by atoms with van der Waals surface area (Å²) in [4.78, 5) is 24.2. The molecular formula is C20H22N2O4S. The second kappa shape index (κ2) is 8.45. The van der Waals surface area contributed by atoms with Gasteiger partial charge in [-0.25, -0.2) is 0 Å². The molecule has 2 aromatic carbocycles. The predicted molar refractivity (Wildman–Crippen MR) is 104 cm³/mol. The third-order valence-electron chi connectivity index (χ3n) is 4.50. The lowest BCUT2D eigenvalue weighted by Gasteiger charge is -2.34. The summed E-state index contributed by atoms with van der Waals surface area (Å²) in [6, 6.07) is 14.9. The largest absolute Gasteiger partial charge is 0.496 e. The van der Waals surface area contributed by atoms with Crippen LogP contribution in [-0.4, -0.2) is 36.3 Å². The fraction of sp³-hybridized carbons (Fsp3) is 0.300. The van der Waals surface area contributed by atoms with E-state index < -0.39 is 17.4 Å². The first-order valence-electron chi connectivity index (χ1n) is 8.60. The van der Waals surface area contributed by atoms with Gasteiger partial charge in [-0.15, -0.1) is 0 Å². The van der Waals surface area contributed by atoms with Gasteiger partial charge >= 0.3 is 11.8 Å².